The van der Waals surface area contributed by atoms with Crippen molar-refractivity contribution in [1.82, 2.24) is 20.2 Å². The first-order chi connectivity index (χ1) is 13.0. The van der Waals surface area contributed by atoms with Gasteiger partial charge in [0.2, 0.25) is 0 Å². The van der Waals surface area contributed by atoms with Crippen LogP contribution < -0.4 is 10.1 Å². The number of ether oxygens (including phenoxy) is 1. The lowest BCUT2D eigenvalue weighted by Crippen LogP contribution is -2.30. The van der Waals surface area contributed by atoms with Gasteiger partial charge in [0.15, 0.2) is 6.10 Å². The number of tetrazole rings is 1. The molecule has 0 aliphatic heterocycles. The molecule has 1 aromatic heterocycles. The molecule has 3 aromatic rings. The highest BCUT2D eigenvalue weighted by Gasteiger charge is 2.15. The Morgan fingerprint density at radius 1 is 1.22 bits per heavy atom. The number of thioether (sulfide) groups is 1. The van der Waals surface area contributed by atoms with Crippen LogP contribution in [0.15, 0.2) is 59.8 Å². The highest BCUT2D eigenvalue weighted by Crippen LogP contribution is 2.26. The number of amides is 1. The van der Waals surface area contributed by atoms with Crippen LogP contribution in [0.5, 0.6) is 5.75 Å². The van der Waals surface area contributed by atoms with Gasteiger partial charge in [0.05, 0.1) is 5.69 Å². The van der Waals surface area contributed by atoms with Crippen molar-refractivity contribution in [2.24, 2.45) is 0 Å². The summed E-state index contributed by atoms with van der Waals surface area (Å²) in [4.78, 5) is 12.7. The summed E-state index contributed by atoms with van der Waals surface area (Å²) in [6.45, 7) is 1.61. The summed E-state index contributed by atoms with van der Waals surface area (Å²) >= 11 is 0.448. The Hall–Kier alpha value is -3.01. The van der Waals surface area contributed by atoms with Crippen LogP contribution in [0.1, 0.15) is 6.92 Å². The van der Waals surface area contributed by atoms with Crippen molar-refractivity contribution in [3.63, 3.8) is 0 Å². The van der Waals surface area contributed by atoms with Crippen LogP contribution in [0.25, 0.3) is 5.69 Å². The van der Waals surface area contributed by atoms with Gasteiger partial charge in [-0.05, 0) is 53.7 Å². The van der Waals surface area contributed by atoms with Crippen LogP contribution in [0.4, 0.5) is 14.5 Å². The van der Waals surface area contributed by atoms with E-state index in [1.54, 1.807) is 43.3 Å². The highest BCUT2D eigenvalue weighted by molar-refractivity contribution is 7.99. The molecule has 1 atom stereocenters. The Labute approximate surface area is 157 Å². The first-order valence-electron chi connectivity index (χ1n) is 7.87. The Morgan fingerprint density at radius 3 is 2.67 bits per heavy atom. The highest BCUT2D eigenvalue weighted by atomic mass is 32.2. The summed E-state index contributed by atoms with van der Waals surface area (Å²) in [6.07, 6.45) is 0.676. The number of aromatic nitrogens is 4. The monoisotopic (exact) mass is 391 g/mol. The summed E-state index contributed by atoms with van der Waals surface area (Å²) in [7, 11) is 0. The van der Waals surface area contributed by atoms with Crippen LogP contribution in [-0.2, 0) is 4.79 Å². The number of carbonyl (C=O) groups excluding carboxylic acids is 1. The maximum Gasteiger partial charge on any atom is 0.288 e. The third-order valence-corrected chi connectivity index (χ3v) is 4.18. The van der Waals surface area contributed by atoms with Crippen molar-refractivity contribution < 1.29 is 18.3 Å². The van der Waals surface area contributed by atoms with Crippen molar-refractivity contribution in [1.29, 1.82) is 0 Å². The average Bonchev–Trinajstić information content (AvgIpc) is 3.18. The van der Waals surface area contributed by atoms with Crippen LogP contribution in [0.3, 0.4) is 0 Å². The van der Waals surface area contributed by atoms with Gasteiger partial charge in [-0.1, -0.05) is 17.8 Å². The Morgan fingerprint density at radius 2 is 2.00 bits per heavy atom. The Kier molecular flexibility index (Phi) is 5.97. The minimum absolute atomic E-state index is 0.364. The zero-order valence-corrected chi connectivity index (χ0v) is 14.9. The van der Waals surface area contributed by atoms with E-state index < -0.39 is 11.9 Å². The van der Waals surface area contributed by atoms with Gasteiger partial charge in [0, 0.05) is 16.6 Å². The molecule has 0 aliphatic rings. The molecule has 0 aliphatic carbocycles. The summed E-state index contributed by atoms with van der Waals surface area (Å²) < 4.78 is 31.8. The molecule has 0 spiro atoms. The molecule has 0 fully saturated rings. The number of halogens is 2. The third kappa shape index (κ3) is 5.23. The number of hydrogen-bond donors (Lipinski definition) is 1. The molecule has 1 unspecified atom stereocenters. The van der Waals surface area contributed by atoms with E-state index in [9.17, 15) is 13.6 Å². The standard InChI is InChI=1S/C17H15F2N5O2S/c1-11(16(25)21-12-5-7-15(8-6-12)27-17(18)19)26-14-4-2-3-13(9-14)24-10-20-22-23-24/h2-11,17H,1H3,(H,21,25). The van der Waals surface area contributed by atoms with Crippen molar-refractivity contribution in [2.45, 2.75) is 23.7 Å². The van der Waals surface area contributed by atoms with Gasteiger partial charge >= 0.3 is 0 Å². The molecule has 1 amide bonds. The van der Waals surface area contributed by atoms with E-state index >= 15 is 0 Å². The lowest BCUT2D eigenvalue weighted by molar-refractivity contribution is -0.122. The number of benzene rings is 2. The molecule has 2 aromatic carbocycles. The fourth-order valence-corrected chi connectivity index (χ4v) is 2.70. The molecule has 0 saturated heterocycles. The maximum absolute atomic E-state index is 12.3. The molecule has 0 bridgehead atoms. The molecule has 27 heavy (non-hydrogen) atoms. The predicted molar refractivity (Wildman–Crippen MR) is 96.2 cm³/mol. The van der Waals surface area contributed by atoms with Gasteiger partial charge in [-0.3, -0.25) is 4.79 Å². The molecule has 7 nitrogen and oxygen atoms in total. The van der Waals surface area contributed by atoms with E-state index in [4.69, 9.17) is 4.74 Å². The molecule has 0 radical (unpaired) electrons. The predicted octanol–water partition coefficient (Wildman–Crippen LogP) is 3.38. The van der Waals surface area contributed by atoms with Crippen molar-refractivity contribution in [2.75, 3.05) is 5.32 Å². The fourth-order valence-electron chi connectivity index (χ4n) is 2.20. The third-order valence-electron chi connectivity index (χ3n) is 3.46. The van der Waals surface area contributed by atoms with Gasteiger partial charge in [0.1, 0.15) is 12.1 Å². The topological polar surface area (TPSA) is 81.9 Å². The molecule has 3 rings (SSSR count). The van der Waals surface area contributed by atoms with E-state index in [0.717, 1.165) is 0 Å². The van der Waals surface area contributed by atoms with E-state index in [1.165, 1.54) is 23.1 Å². The first-order valence-corrected chi connectivity index (χ1v) is 8.75. The second-order valence-electron chi connectivity index (χ2n) is 5.40. The average molecular weight is 391 g/mol. The maximum atomic E-state index is 12.3. The number of alkyl halides is 2. The second kappa shape index (κ2) is 8.58. The lowest BCUT2D eigenvalue weighted by Gasteiger charge is -2.15. The first kappa shape index (κ1) is 18.8. The minimum Gasteiger partial charge on any atom is -0.481 e. The molecular weight excluding hydrogens is 376 g/mol. The minimum atomic E-state index is -2.48. The second-order valence-corrected chi connectivity index (χ2v) is 6.47. The Balaban J connectivity index is 1.60. The molecule has 10 heteroatoms. The molecule has 1 N–H and O–H groups in total. The zero-order valence-electron chi connectivity index (χ0n) is 14.1. The summed E-state index contributed by atoms with van der Waals surface area (Å²) in [5.41, 5.74) is 1.19. The van der Waals surface area contributed by atoms with Crippen molar-refractivity contribution in [3.05, 3.63) is 54.9 Å². The summed E-state index contributed by atoms with van der Waals surface area (Å²) in [5.74, 6) is -2.37. The van der Waals surface area contributed by atoms with Crippen molar-refractivity contribution in [3.8, 4) is 11.4 Å². The van der Waals surface area contributed by atoms with Crippen LogP contribution in [-0.4, -0.2) is 38.0 Å². The van der Waals surface area contributed by atoms with Gasteiger partial charge < -0.3 is 10.1 Å². The zero-order chi connectivity index (χ0) is 19.2. The molecular formula is C17H15F2N5O2S. The fraction of sp³-hybridized carbons (Fsp3) is 0.176. The van der Waals surface area contributed by atoms with Gasteiger partial charge in [-0.15, -0.1) is 5.10 Å². The molecule has 0 saturated carbocycles. The number of hydrogen-bond acceptors (Lipinski definition) is 6. The molecule has 1 heterocycles. The molecule has 140 valence electrons. The quantitative estimate of drug-likeness (QED) is 0.622. The van der Waals surface area contributed by atoms with Gasteiger partial charge in [-0.25, -0.2) is 4.68 Å². The number of anilines is 1. The number of rotatable bonds is 7. The van der Waals surface area contributed by atoms with Gasteiger partial charge in [-0.2, -0.15) is 8.78 Å². The lowest BCUT2D eigenvalue weighted by atomic mass is 10.2. The van der Waals surface area contributed by atoms with E-state index in [-0.39, 0.29) is 5.91 Å². The van der Waals surface area contributed by atoms with E-state index in [1.807, 2.05) is 0 Å². The normalized spacial score (nSPS) is 12.0. The van der Waals surface area contributed by atoms with E-state index in [0.29, 0.717) is 33.8 Å². The Bertz CT molecular complexity index is 891. The smallest absolute Gasteiger partial charge is 0.288 e. The number of carbonyl (C=O) groups is 1. The van der Waals surface area contributed by atoms with Gasteiger partial charge in [0.25, 0.3) is 11.7 Å². The van der Waals surface area contributed by atoms with Crippen LogP contribution in [0, 0.1) is 0 Å². The summed E-state index contributed by atoms with van der Waals surface area (Å²) in [6, 6.07) is 13.1. The largest absolute Gasteiger partial charge is 0.481 e. The van der Waals surface area contributed by atoms with Crippen molar-refractivity contribution >= 4 is 23.4 Å². The summed E-state index contributed by atoms with van der Waals surface area (Å²) in [5, 5.41) is 13.6. The SMILES string of the molecule is CC(Oc1cccc(-n2cnnn2)c1)C(=O)Nc1ccc(SC(F)F)cc1. The van der Waals surface area contributed by atoms with E-state index in [2.05, 4.69) is 20.8 Å². The van der Waals surface area contributed by atoms with Crippen LogP contribution >= 0.6 is 11.8 Å². The number of nitrogens with one attached hydrogen (secondary N) is 1. The van der Waals surface area contributed by atoms with Crippen LogP contribution in [0.2, 0.25) is 0 Å². The number of nitrogens with zero attached hydrogens (tertiary/aromatic N) is 4.